The molecule has 4 heteroatoms. The maximum Gasteiger partial charge on any atom is 0.243 e. The maximum absolute atomic E-state index is 12.8. The lowest BCUT2D eigenvalue weighted by molar-refractivity contribution is 0.286. The predicted molar refractivity (Wildman–Crippen MR) is 80.3 cm³/mol. The number of nitrogens with zero attached hydrogens (tertiary/aromatic N) is 1. The minimum atomic E-state index is -3.33. The fourth-order valence-corrected chi connectivity index (χ4v) is 4.98. The summed E-state index contributed by atoms with van der Waals surface area (Å²) in [5, 5.41) is 0. The van der Waals surface area contributed by atoms with Gasteiger partial charge in [-0.25, -0.2) is 8.42 Å². The summed E-state index contributed by atoms with van der Waals surface area (Å²) < 4.78 is 27.1. The molecular weight excluding hydrogens is 270 g/mol. The Morgan fingerprint density at radius 1 is 1.00 bits per heavy atom. The Balaban J connectivity index is 1.87. The van der Waals surface area contributed by atoms with Gasteiger partial charge in [-0.15, -0.1) is 0 Å². The molecular formula is C16H23NO2S. The highest BCUT2D eigenvalue weighted by atomic mass is 32.2. The quantitative estimate of drug-likeness (QED) is 0.858. The summed E-state index contributed by atoms with van der Waals surface area (Å²) in [6.45, 7) is 0. The fourth-order valence-electron chi connectivity index (χ4n) is 3.52. The van der Waals surface area contributed by atoms with Gasteiger partial charge in [0.15, 0.2) is 0 Å². The molecule has 1 saturated carbocycles. The van der Waals surface area contributed by atoms with E-state index in [4.69, 9.17) is 0 Å². The predicted octanol–water partition coefficient (Wildman–Crippen LogP) is 3.13. The number of rotatable bonds is 3. The number of hydrogen-bond acceptors (Lipinski definition) is 2. The molecule has 110 valence electrons. The SMILES string of the molecule is CN(C1CCCCC1)S(=O)(=O)c1ccc2c(c1)CCC2. The van der Waals surface area contributed by atoms with E-state index in [1.165, 1.54) is 17.5 Å². The van der Waals surface area contributed by atoms with Gasteiger partial charge >= 0.3 is 0 Å². The van der Waals surface area contributed by atoms with E-state index < -0.39 is 10.0 Å². The van der Waals surface area contributed by atoms with Gasteiger partial charge in [0.05, 0.1) is 4.90 Å². The van der Waals surface area contributed by atoms with Crippen LogP contribution in [0.25, 0.3) is 0 Å². The van der Waals surface area contributed by atoms with Crippen molar-refractivity contribution in [2.75, 3.05) is 7.05 Å². The van der Waals surface area contributed by atoms with E-state index in [1.807, 2.05) is 12.1 Å². The lowest BCUT2D eigenvalue weighted by Gasteiger charge is -2.30. The Kier molecular flexibility index (Phi) is 3.87. The van der Waals surface area contributed by atoms with Crippen molar-refractivity contribution in [2.24, 2.45) is 0 Å². The summed E-state index contributed by atoms with van der Waals surface area (Å²) in [6.07, 6.45) is 8.80. The average Bonchev–Trinajstić information content (AvgIpc) is 2.94. The van der Waals surface area contributed by atoms with Crippen molar-refractivity contribution in [3.63, 3.8) is 0 Å². The van der Waals surface area contributed by atoms with Crippen LogP contribution in [-0.2, 0) is 22.9 Å². The molecule has 0 aliphatic heterocycles. The zero-order valence-electron chi connectivity index (χ0n) is 12.1. The van der Waals surface area contributed by atoms with E-state index in [1.54, 1.807) is 17.4 Å². The number of aryl methyl sites for hydroxylation is 2. The van der Waals surface area contributed by atoms with Crippen LogP contribution in [-0.4, -0.2) is 25.8 Å². The van der Waals surface area contributed by atoms with E-state index in [0.29, 0.717) is 4.90 Å². The monoisotopic (exact) mass is 293 g/mol. The van der Waals surface area contributed by atoms with Gasteiger partial charge in [-0.05, 0) is 55.4 Å². The third-order valence-electron chi connectivity index (χ3n) is 4.84. The lowest BCUT2D eigenvalue weighted by atomic mass is 9.96. The molecule has 1 aromatic rings. The van der Waals surface area contributed by atoms with Crippen LogP contribution >= 0.6 is 0 Å². The Labute approximate surface area is 122 Å². The van der Waals surface area contributed by atoms with Crippen LogP contribution < -0.4 is 0 Å². The minimum Gasteiger partial charge on any atom is -0.207 e. The van der Waals surface area contributed by atoms with E-state index in [-0.39, 0.29) is 6.04 Å². The van der Waals surface area contributed by atoms with Gasteiger partial charge in [-0.1, -0.05) is 25.3 Å². The van der Waals surface area contributed by atoms with Crippen LogP contribution in [0, 0.1) is 0 Å². The van der Waals surface area contributed by atoms with Crippen LogP contribution in [0.2, 0.25) is 0 Å². The smallest absolute Gasteiger partial charge is 0.207 e. The highest BCUT2D eigenvalue weighted by Gasteiger charge is 2.29. The second-order valence-corrected chi connectivity index (χ2v) is 8.09. The summed E-state index contributed by atoms with van der Waals surface area (Å²) >= 11 is 0. The lowest BCUT2D eigenvalue weighted by Crippen LogP contribution is -2.38. The number of fused-ring (bicyclic) bond motifs is 1. The molecule has 0 atom stereocenters. The van der Waals surface area contributed by atoms with Gasteiger partial charge in [0.25, 0.3) is 0 Å². The second-order valence-electron chi connectivity index (χ2n) is 6.10. The van der Waals surface area contributed by atoms with Gasteiger partial charge in [0, 0.05) is 13.1 Å². The third-order valence-corrected chi connectivity index (χ3v) is 6.74. The Hall–Kier alpha value is -0.870. The Bertz CT molecular complexity index is 588. The van der Waals surface area contributed by atoms with E-state index in [0.717, 1.165) is 44.9 Å². The molecule has 0 saturated heterocycles. The first-order chi connectivity index (χ1) is 9.59. The van der Waals surface area contributed by atoms with Crippen molar-refractivity contribution < 1.29 is 8.42 Å². The van der Waals surface area contributed by atoms with Gasteiger partial charge in [-0.3, -0.25) is 0 Å². The molecule has 0 radical (unpaired) electrons. The van der Waals surface area contributed by atoms with Crippen molar-refractivity contribution in [1.29, 1.82) is 0 Å². The first-order valence-electron chi connectivity index (χ1n) is 7.69. The highest BCUT2D eigenvalue weighted by Crippen LogP contribution is 2.29. The fraction of sp³-hybridized carbons (Fsp3) is 0.625. The maximum atomic E-state index is 12.8. The number of sulfonamides is 1. The molecule has 3 nitrogen and oxygen atoms in total. The first-order valence-corrected chi connectivity index (χ1v) is 9.13. The number of hydrogen-bond donors (Lipinski definition) is 0. The summed E-state index contributed by atoms with van der Waals surface area (Å²) in [5.74, 6) is 0. The van der Waals surface area contributed by atoms with Gasteiger partial charge in [0.1, 0.15) is 0 Å². The van der Waals surface area contributed by atoms with Crippen LogP contribution in [0.4, 0.5) is 0 Å². The minimum absolute atomic E-state index is 0.182. The van der Waals surface area contributed by atoms with Crippen LogP contribution in [0.15, 0.2) is 23.1 Å². The van der Waals surface area contributed by atoms with Crippen molar-refractivity contribution in [2.45, 2.75) is 62.3 Å². The van der Waals surface area contributed by atoms with Crippen LogP contribution in [0.5, 0.6) is 0 Å². The van der Waals surface area contributed by atoms with E-state index >= 15 is 0 Å². The summed E-state index contributed by atoms with van der Waals surface area (Å²) in [4.78, 5) is 0.478. The molecule has 0 bridgehead atoms. The van der Waals surface area contributed by atoms with Crippen molar-refractivity contribution >= 4 is 10.0 Å². The van der Waals surface area contributed by atoms with Gasteiger partial charge in [0.2, 0.25) is 10.0 Å². The summed E-state index contributed by atoms with van der Waals surface area (Å²) in [5.41, 5.74) is 2.55. The molecule has 0 amide bonds. The second kappa shape index (κ2) is 5.49. The van der Waals surface area contributed by atoms with Crippen molar-refractivity contribution in [3.05, 3.63) is 29.3 Å². The standard InChI is InChI=1S/C16H23NO2S/c1-17(15-8-3-2-4-9-15)20(18,19)16-11-10-13-6-5-7-14(13)12-16/h10-12,15H,2-9H2,1H3. The van der Waals surface area contributed by atoms with Gasteiger partial charge in [-0.2, -0.15) is 4.31 Å². The molecule has 2 aliphatic rings. The average molecular weight is 293 g/mol. The molecule has 0 aromatic heterocycles. The molecule has 0 N–H and O–H groups in total. The van der Waals surface area contributed by atoms with E-state index in [9.17, 15) is 8.42 Å². The largest absolute Gasteiger partial charge is 0.243 e. The zero-order valence-corrected chi connectivity index (χ0v) is 13.0. The first kappa shape index (κ1) is 14.1. The third kappa shape index (κ3) is 2.51. The summed E-state index contributed by atoms with van der Waals surface area (Å²) in [6, 6.07) is 5.88. The van der Waals surface area contributed by atoms with Gasteiger partial charge < -0.3 is 0 Å². The molecule has 20 heavy (non-hydrogen) atoms. The van der Waals surface area contributed by atoms with Crippen LogP contribution in [0.3, 0.4) is 0 Å². The van der Waals surface area contributed by atoms with E-state index in [2.05, 4.69) is 0 Å². The Morgan fingerprint density at radius 2 is 1.70 bits per heavy atom. The molecule has 0 heterocycles. The number of benzene rings is 1. The highest BCUT2D eigenvalue weighted by molar-refractivity contribution is 7.89. The molecule has 2 aliphatic carbocycles. The molecule has 3 rings (SSSR count). The molecule has 0 unspecified atom stereocenters. The topological polar surface area (TPSA) is 37.4 Å². The molecule has 0 spiro atoms. The normalized spacial score (nSPS) is 20.3. The molecule has 1 fully saturated rings. The Morgan fingerprint density at radius 3 is 2.45 bits per heavy atom. The van der Waals surface area contributed by atoms with Crippen molar-refractivity contribution in [3.8, 4) is 0 Å². The van der Waals surface area contributed by atoms with Crippen molar-refractivity contribution in [1.82, 2.24) is 4.31 Å². The zero-order chi connectivity index (χ0) is 14.2. The van der Waals surface area contributed by atoms with Crippen LogP contribution in [0.1, 0.15) is 49.7 Å². The molecule has 1 aromatic carbocycles. The summed E-state index contributed by atoms with van der Waals surface area (Å²) in [7, 11) is -1.58.